The van der Waals surface area contributed by atoms with Gasteiger partial charge in [0.15, 0.2) is 0 Å². The van der Waals surface area contributed by atoms with Crippen LogP contribution in [0.15, 0.2) is 0 Å². The second kappa shape index (κ2) is 8.37. The van der Waals surface area contributed by atoms with E-state index in [0.717, 1.165) is 19.3 Å². The van der Waals surface area contributed by atoms with Gasteiger partial charge in [0, 0.05) is 12.6 Å². The number of aliphatic carboxylic acids is 1. The summed E-state index contributed by atoms with van der Waals surface area (Å²) in [5.74, 6) is -0.870. The van der Waals surface area contributed by atoms with Crippen LogP contribution in [0.4, 0.5) is 0 Å². The molecular weight excluding hydrogens is 268 g/mol. The Morgan fingerprint density at radius 2 is 1.86 bits per heavy atom. The van der Waals surface area contributed by atoms with Gasteiger partial charge < -0.3 is 10.0 Å². The molecule has 2 N–H and O–H groups in total. The van der Waals surface area contributed by atoms with Crippen LogP contribution in [0.1, 0.15) is 65.7 Å². The second-order valence-corrected chi connectivity index (χ2v) is 6.21. The highest BCUT2D eigenvalue weighted by atomic mass is 16.4. The highest BCUT2D eigenvalue weighted by Gasteiger charge is 2.33. The molecule has 21 heavy (non-hydrogen) atoms. The predicted octanol–water partition coefficient (Wildman–Crippen LogP) is 2.40. The van der Waals surface area contributed by atoms with Gasteiger partial charge in [0.2, 0.25) is 5.91 Å². The minimum absolute atomic E-state index is 0.0213. The van der Waals surface area contributed by atoms with Crippen LogP contribution >= 0.6 is 0 Å². The lowest BCUT2D eigenvalue weighted by molar-refractivity contribution is -0.145. The maximum Gasteiger partial charge on any atom is 0.323 e. The van der Waals surface area contributed by atoms with Crippen LogP contribution in [0.3, 0.4) is 0 Å². The fourth-order valence-corrected chi connectivity index (χ4v) is 3.17. The molecular formula is C16H30N2O3. The third-order valence-corrected chi connectivity index (χ3v) is 4.53. The van der Waals surface area contributed by atoms with Crippen molar-refractivity contribution >= 4 is 11.9 Å². The predicted molar refractivity (Wildman–Crippen MR) is 83.2 cm³/mol. The number of hydrogen-bond acceptors (Lipinski definition) is 3. The molecule has 1 atom stereocenters. The average molecular weight is 298 g/mol. The van der Waals surface area contributed by atoms with Crippen LogP contribution in [0.25, 0.3) is 0 Å². The quantitative estimate of drug-likeness (QED) is 0.722. The summed E-state index contributed by atoms with van der Waals surface area (Å²) in [5, 5.41) is 12.3. The van der Waals surface area contributed by atoms with Crippen LogP contribution in [0.5, 0.6) is 0 Å². The van der Waals surface area contributed by atoms with Gasteiger partial charge in [0.1, 0.15) is 5.54 Å². The van der Waals surface area contributed by atoms with E-state index in [4.69, 9.17) is 0 Å². The largest absolute Gasteiger partial charge is 0.480 e. The molecule has 5 heteroatoms. The van der Waals surface area contributed by atoms with E-state index in [1.165, 1.54) is 19.3 Å². The van der Waals surface area contributed by atoms with Gasteiger partial charge in [-0.25, -0.2) is 0 Å². The molecule has 1 aliphatic rings. The average Bonchev–Trinajstić information content (AvgIpc) is 2.47. The van der Waals surface area contributed by atoms with Crippen molar-refractivity contribution in [1.82, 2.24) is 10.2 Å². The number of rotatable bonds is 8. The molecule has 0 aromatic rings. The zero-order chi connectivity index (χ0) is 15.9. The highest BCUT2D eigenvalue weighted by molar-refractivity contribution is 5.82. The van der Waals surface area contributed by atoms with Gasteiger partial charge in [-0.3, -0.25) is 14.9 Å². The third kappa shape index (κ3) is 4.99. The van der Waals surface area contributed by atoms with Crippen LogP contribution in [-0.4, -0.2) is 46.6 Å². The summed E-state index contributed by atoms with van der Waals surface area (Å²) in [4.78, 5) is 25.7. The highest BCUT2D eigenvalue weighted by Crippen LogP contribution is 2.22. The minimum atomic E-state index is -1.02. The number of carboxylic acids is 1. The summed E-state index contributed by atoms with van der Waals surface area (Å²) in [6, 6.07) is 0.334. The number of hydrogen-bond donors (Lipinski definition) is 2. The Morgan fingerprint density at radius 3 is 2.33 bits per heavy atom. The van der Waals surface area contributed by atoms with Crippen molar-refractivity contribution in [2.45, 2.75) is 77.3 Å². The van der Waals surface area contributed by atoms with Crippen molar-refractivity contribution in [3.63, 3.8) is 0 Å². The standard InChI is InChI=1S/C16H30N2O3/c1-4-11-16(3,15(20)21)17-12-14(19)18(5-2)13-9-7-6-8-10-13/h13,17H,4-12H2,1-3H3,(H,20,21). The normalized spacial score (nSPS) is 19.0. The zero-order valence-corrected chi connectivity index (χ0v) is 13.7. The minimum Gasteiger partial charge on any atom is -0.480 e. The maximum atomic E-state index is 12.4. The van der Waals surface area contributed by atoms with Gasteiger partial charge in [-0.15, -0.1) is 0 Å². The summed E-state index contributed by atoms with van der Waals surface area (Å²) in [6.45, 7) is 6.40. The van der Waals surface area contributed by atoms with E-state index in [9.17, 15) is 14.7 Å². The molecule has 122 valence electrons. The van der Waals surface area contributed by atoms with E-state index in [0.29, 0.717) is 19.0 Å². The van der Waals surface area contributed by atoms with Gasteiger partial charge in [0.25, 0.3) is 0 Å². The lowest BCUT2D eigenvalue weighted by Crippen LogP contribution is -2.54. The lowest BCUT2D eigenvalue weighted by Gasteiger charge is -2.35. The van der Waals surface area contributed by atoms with E-state index < -0.39 is 11.5 Å². The lowest BCUT2D eigenvalue weighted by atomic mass is 9.94. The van der Waals surface area contributed by atoms with Crippen molar-refractivity contribution in [2.24, 2.45) is 0 Å². The molecule has 1 rings (SSSR count). The fourth-order valence-electron chi connectivity index (χ4n) is 3.17. The molecule has 1 saturated carbocycles. The number of nitrogens with one attached hydrogen (secondary N) is 1. The number of carbonyl (C=O) groups excluding carboxylic acids is 1. The van der Waals surface area contributed by atoms with Crippen LogP contribution in [0.2, 0.25) is 0 Å². The van der Waals surface area contributed by atoms with E-state index in [1.54, 1.807) is 6.92 Å². The first-order valence-electron chi connectivity index (χ1n) is 8.22. The molecule has 1 unspecified atom stereocenters. The molecule has 1 aliphatic carbocycles. The summed E-state index contributed by atoms with van der Waals surface area (Å²) in [5.41, 5.74) is -1.02. The Labute approximate surface area is 128 Å². The van der Waals surface area contributed by atoms with E-state index >= 15 is 0 Å². The molecule has 0 spiro atoms. The fraction of sp³-hybridized carbons (Fsp3) is 0.875. The SMILES string of the molecule is CCCC(C)(NCC(=O)N(CC)C1CCCCC1)C(=O)O. The number of nitrogens with zero attached hydrogens (tertiary/aromatic N) is 1. The van der Waals surface area contributed by atoms with E-state index in [2.05, 4.69) is 5.32 Å². The molecule has 0 saturated heterocycles. The number of likely N-dealkylation sites (N-methyl/N-ethyl adjacent to an activating group) is 1. The number of carboxylic acid groups (broad SMARTS) is 1. The molecule has 5 nitrogen and oxygen atoms in total. The molecule has 0 radical (unpaired) electrons. The first-order valence-corrected chi connectivity index (χ1v) is 8.22. The van der Waals surface area contributed by atoms with Gasteiger partial charge in [-0.1, -0.05) is 32.6 Å². The molecule has 1 amide bonds. The van der Waals surface area contributed by atoms with Crippen LogP contribution in [-0.2, 0) is 9.59 Å². The molecule has 0 bridgehead atoms. The van der Waals surface area contributed by atoms with Crippen molar-refractivity contribution in [3.05, 3.63) is 0 Å². The third-order valence-electron chi connectivity index (χ3n) is 4.53. The van der Waals surface area contributed by atoms with Crippen LogP contribution < -0.4 is 5.32 Å². The number of amides is 1. The van der Waals surface area contributed by atoms with Crippen molar-refractivity contribution in [2.75, 3.05) is 13.1 Å². The molecule has 0 aromatic heterocycles. The zero-order valence-electron chi connectivity index (χ0n) is 13.7. The summed E-state index contributed by atoms with van der Waals surface area (Å²) in [6.07, 6.45) is 7.06. The first-order chi connectivity index (χ1) is 9.94. The summed E-state index contributed by atoms with van der Waals surface area (Å²) in [7, 11) is 0. The molecule has 0 aliphatic heterocycles. The van der Waals surface area contributed by atoms with E-state index in [1.807, 2.05) is 18.7 Å². The Balaban J connectivity index is 2.58. The number of carbonyl (C=O) groups is 2. The Bertz CT molecular complexity index is 353. The first kappa shape index (κ1) is 18.0. The summed E-state index contributed by atoms with van der Waals surface area (Å²) < 4.78 is 0. The van der Waals surface area contributed by atoms with Crippen molar-refractivity contribution < 1.29 is 14.7 Å². The molecule has 1 fully saturated rings. The Morgan fingerprint density at radius 1 is 1.24 bits per heavy atom. The maximum absolute atomic E-state index is 12.4. The van der Waals surface area contributed by atoms with Gasteiger partial charge in [-0.05, 0) is 33.1 Å². The smallest absolute Gasteiger partial charge is 0.323 e. The molecule has 0 aromatic carbocycles. The second-order valence-electron chi connectivity index (χ2n) is 6.21. The Kier molecular flexibility index (Phi) is 7.15. The molecule has 0 heterocycles. The van der Waals surface area contributed by atoms with Crippen molar-refractivity contribution in [1.29, 1.82) is 0 Å². The Hall–Kier alpha value is -1.10. The van der Waals surface area contributed by atoms with Gasteiger partial charge in [-0.2, -0.15) is 0 Å². The van der Waals surface area contributed by atoms with Gasteiger partial charge >= 0.3 is 5.97 Å². The topological polar surface area (TPSA) is 69.6 Å². The van der Waals surface area contributed by atoms with Crippen molar-refractivity contribution in [3.8, 4) is 0 Å². The monoisotopic (exact) mass is 298 g/mol. The van der Waals surface area contributed by atoms with Gasteiger partial charge in [0.05, 0.1) is 6.54 Å². The van der Waals surface area contributed by atoms with E-state index in [-0.39, 0.29) is 12.5 Å². The summed E-state index contributed by atoms with van der Waals surface area (Å²) >= 11 is 0. The van der Waals surface area contributed by atoms with Crippen LogP contribution in [0, 0.1) is 0 Å².